The number of carboxylic acid groups (broad SMARTS) is 1. The highest BCUT2D eigenvalue weighted by Gasteiger charge is 2.35. The molecule has 0 aliphatic rings. The molecule has 0 radical (unpaired) electrons. The van der Waals surface area contributed by atoms with Crippen LogP contribution in [0.15, 0.2) is 36.5 Å². The number of halogens is 1. The molecule has 2 aromatic rings. The second kappa shape index (κ2) is 3.56. The van der Waals surface area contributed by atoms with Gasteiger partial charge in [0.25, 0.3) is 0 Å². The topological polar surface area (TPSA) is 50.2 Å². The van der Waals surface area contributed by atoms with Crippen LogP contribution in [0.25, 0.3) is 10.9 Å². The molecule has 2 rings (SSSR count). The van der Waals surface area contributed by atoms with Gasteiger partial charge in [-0.3, -0.25) is 4.98 Å². The fourth-order valence-electron chi connectivity index (χ4n) is 1.49. The molecule has 1 N–H and O–H groups in total. The lowest BCUT2D eigenvalue weighted by Crippen LogP contribution is -2.26. The first-order valence-corrected chi connectivity index (χ1v) is 4.79. The van der Waals surface area contributed by atoms with Gasteiger partial charge in [-0.15, -0.1) is 0 Å². The van der Waals surface area contributed by atoms with Crippen molar-refractivity contribution in [3.05, 3.63) is 42.1 Å². The van der Waals surface area contributed by atoms with E-state index in [4.69, 9.17) is 5.11 Å². The van der Waals surface area contributed by atoms with Gasteiger partial charge in [-0.25, -0.2) is 9.18 Å². The van der Waals surface area contributed by atoms with Crippen molar-refractivity contribution >= 4 is 16.9 Å². The number of aromatic nitrogens is 1. The van der Waals surface area contributed by atoms with Gasteiger partial charge in [-0.1, -0.05) is 12.1 Å². The van der Waals surface area contributed by atoms with Crippen LogP contribution < -0.4 is 0 Å². The molecule has 0 saturated heterocycles. The maximum atomic E-state index is 13.9. The number of nitrogens with zero attached hydrogens (tertiary/aromatic N) is 1. The number of aliphatic carboxylic acids is 1. The zero-order chi connectivity index (χ0) is 11.8. The Bertz CT molecular complexity index is 551. The zero-order valence-electron chi connectivity index (χ0n) is 8.64. The van der Waals surface area contributed by atoms with Gasteiger partial charge in [0.2, 0.25) is 5.67 Å². The predicted octanol–water partition coefficient (Wildman–Crippen LogP) is 2.50. The Morgan fingerprint density at radius 3 is 2.88 bits per heavy atom. The summed E-state index contributed by atoms with van der Waals surface area (Å²) in [5.41, 5.74) is -1.53. The molecule has 1 atom stereocenters. The molecule has 1 heterocycles. The zero-order valence-corrected chi connectivity index (χ0v) is 8.64. The SMILES string of the molecule is CC(F)(C(=O)O)c1ccc2ncccc2c1. The average Bonchev–Trinajstić information content (AvgIpc) is 2.28. The van der Waals surface area contributed by atoms with Gasteiger partial charge in [0, 0.05) is 17.1 Å². The molecule has 16 heavy (non-hydrogen) atoms. The summed E-state index contributed by atoms with van der Waals surface area (Å²) in [6, 6.07) is 8.07. The lowest BCUT2D eigenvalue weighted by Gasteiger charge is -2.15. The number of hydrogen-bond donors (Lipinski definition) is 1. The largest absolute Gasteiger partial charge is 0.479 e. The van der Waals surface area contributed by atoms with Crippen LogP contribution in [0.3, 0.4) is 0 Å². The third kappa shape index (κ3) is 1.62. The van der Waals surface area contributed by atoms with E-state index < -0.39 is 11.6 Å². The van der Waals surface area contributed by atoms with Crippen molar-refractivity contribution in [1.29, 1.82) is 0 Å². The quantitative estimate of drug-likeness (QED) is 0.844. The van der Waals surface area contributed by atoms with E-state index in [1.54, 1.807) is 24.4 Å². The highest BCUT2D eigenvalue weighted by Crippen LogP contribution is 2.28. The molecule has 0 bridgehead atoms. The Kier molecular flexibility index (Phi) is 2.34. The Labute approximate surface area is 91.5 Å². The first-order valence-electron chi connectivity index (χ1n) is 4.79. The van der Waals surface area contributed by atoms with Gasteiger partial charge in [-0.05, 0) is 25.1 Å². The fourth-order valence-corrected chi connectivity index (χ4v) is 1.49. The first-order chi connectivity index (χ1) is 7.51. The summed E-state index contributed by atoms with van der Waals surface area (Å²) in [7, 11) is 0. The number of rotatable bonds is 2. The molecule has 1 aromatic carbocycles. The molecule has 1 unspecified atom stereocenters. The minimum Gasteiger partial charge on any atom is -0.479 e. The number of hydrogen-bond acceptors (Lipinski definition) is 2. The molecular weight excluding hydrogens is 209 g/mol. The number of benzene rings is 1. The fraction of sp³-hybridized carbons (Fsp3) is 0.167. The van der Waals surface area contributed by atoms with Crippen molar-refractivity contribution in [1.82, 2.24) is 4.98 Å². The predicted molar refractivity (Wildman–Crippen MR) is 57.8 cm³/mol. The third-order valence-electron chi connectivity index (χ3n) is 2.55. The van der Waals surface area contributed by atoms with Crippen molar-refractivity contribution in [2.45, 2.75) is 12.6 Å². The van der Waals surface area contributed by atoms with Crippen LogP contribution in [0.2, 0.25) is 0 Å². The van der Waals surface area contributed by atoms with E-state index in [1.807, 2.05) is 0 Å². The van der Waals surface area contributed by atoms with E-state index in [0.29, 0.717) is 5.52 Å². The monoisotopic (exact) mass is 219 g/mol. The van der Waals surface area contributed by atoms with Crippen molar-refractivity contribution in [3.8, 4) is 0 Å². The molecule has 82 valence electrons. The van der Waals surface area contributed by atoms with E-state index in [2.05, 4.69) is 4.98 Å². The maximum absolute atomic E-state index is 13.9. The van der Waals surface area contributed by atoms with E-state index in [9.17, 15) is 9.18 Å². The van der Waals surface area contributed by atoms with Crippen LogP contribution in [0.1, 0.15) is 12.5 Å². The smallest absolute Gasteiger partial charge is 0.345 e. The average molecular weight is 219 g/mol. The number of fused-ring (bicyclic) bond motifs is 1. The van der Waals surface area contributed by atoms with Gasteiger partial charge in [0.15, 0.2) is 0 Å². The van der Waals surface area contributed by atoms with Gasteiger partial charge in [0.1, 0.15) is 0 Å². The van der Waals surface area contributed by atoms with E-state index in [0.717, 1.165) is 12.3 Å². The highest BCUT2D eigenvalue weighted by molar-refractivity contribution is 5.84. The molecule has 4 heteroatoms. The number of carbonyl (C=O) groups is 1. The van der Waals surface area contributed by atoms with E-state index in [-0.39, 0.29) is 5.56 Å². The molecular formula is C12H10FNO2. The molecule has 0 spiro atoms. The van der Waals surface area contributed by atoms with E-state index >= 15 is 0 Å². The summed E-state index contributed by atoms with van der Waals surface area (Å²) in [6.07, 6.45) is 1.63. The Hall–Kier alpha value is -1.97. The van der Waals surface area contributed by atoms with Crippen LogP contribution in [-0.4, -0.2) is 16.1 Å². The number of alkyl halides is 1. The number of pyridine rings is 1. The van der Waals surface area contributed by atoms with E-state index in [1.165, 1.54) is 12.1 Å². The summed E-state index contributed by atoms with van der Waals surface area (Å²) >= 11 is 0. The molecule has 0 aliphatic heterocycles. The van der Waals surface area contributed by atoms with Crippen LogP contribution in [0, 0.1) is 0 Å². The van der Waals surface area contributed by atoms with Crippen LogP contribution in [0.5, 0.6) is 0 Å². The summed E-state index contributed by atoms with van der Waals surface area (Å²) in [4.78, 5) is 14.8. The highest BCUT2D eigenvalue weighted by atomic mass is 19.1. The molecule has 0 aliphatic carbocycles. The second-order valence-electron chi connectivity index (χ2n) is 3.72. The van der Waals surface area contributed by atoms with Crippen LogP contribution in [0.4, 0.5) is 4.39 Å². The minimum atomic E-state index is -2.37. The Balaban J connectivity index is 2.59. The number of carboxylic acids is 1. The molecule has 0 amide bonds. The summed E-state index contributed by atoms with van der Waals surface area (Å²) in [5.74, 6) is -1.49. The maximum Gasteiger partial charge on any atom is 0.345 e. The van der Waals surface area contributed by atoms with Gasteiger partial charge >= 0.3 is 5.97 Å². The standard InChI is InChI=1S/C12H10FNO2/c1-12(13,11(15)16)9-4-5-10-8(7-9)3-2-6-14-10/h2-7H,1H3,(H,15,16). The van der Waals surface area contributed by atoms with Crippen molar-refractivity contribution < 1.29 is 14.3 Å². The molecule has 3 nitrogen and oxygen atoms in total. The van der Waals surface area contributed by atoms with Gasteiger partial charge in [-0.2, -0.15) is 0 Å². The van der Waals surface area contributed by atoms with Gasteiger partial charge in [0.05, 0.1) is 5.52 Å². The molecule has 1 aromatic heterocycles. The summed E-state index contributed by atoms with van der Waals surface area (Å²) in [6.45, 7) is 1.03. The lowest BCUT2D eigenvalue weighted by molar-refractivity contribution is -0.150. The minimum absolute atomic E-state index is 0.125. The van der Waals surface area contributed by atoms with Gasteiger partial charge < -0.3 is 5.11 Å². The van der Waals surface area contributed by atoms with Crippen molar-refractivity contribution in [2.75, 3.05) is 0 Å². The van der Waals surface area contributed by atoms with Crippen molar-refractivity contribution in [2.24, 2.45) is 0 Å². The summed E-state index contributed by atoms with van der Waals surface area (Å²) in [5, 5.41) is 9.50. The lowest BCUT2D eigenvalue weighted by atomic mass is 9.96. The molecule has 0 saturated carbocycles. The molecule has 0 fully saturated rings. The Morgan fingerprint density at radius 1 is 1.44 bits per heavy atom. The first kappa shape index (κ1) is 10.5. The second-order valence-corrected chi connectivity index (χ2v) is 3.72. The normalized spacial score (nSPS) is 14.6. The summed E-state index contributed by atoms with van der Waals surface area (Å²) < 4.78 is 13.9. The van der Waals surface area contributed by atoms with Crippen molar-refractivity contribution in [3.63, 3.8) is 0 Å². The Morgan fingerprint density at radius 2 is 2.19 bits per heavy atom. The van der Waals surface area contributed by atoms with Crippen LogP contribution >= 0.6 is 0 Å². The van der Waals surface area contributed by atoms with Crippen LogP contribution in [-0.2, 0) is 10.5 Å². The third-order valence-corrected chi connectivity index (χ3v) is 2.55.